The molecule has 1 aliphatic carbocycles. The molecule has 0 aromatic heterocycles. The predicted molar refractivity (Wildman–Crippen MR) is 70.5 cm³/mol. The number of hydrogen-bond donors (Lipinski definition) is 1. The van der Waals surface area contributed by atoms with E-state index in [1.54, 1.807) is 6.07 Å². The number of aliphatic hydroxyl groups excluding tert-OH is 1. The lowest BCUT2D eigenvalue weighted by molar-refractivity contribution is -0.303. The smallest absolute Gasteiger partial charge is 0.381 e. The molecule has 2 rings (SSSR count). The van der Waals surface area contributed by atoms with E-state index in [4.69, 9.17) is 0 Å². The number of carbonyl (C=O) groups excluding carboxylic acids is 1. The number of hydrogen-bond acceptors (Lipinski definition) is 3. The number of rotatable bonds is 5. The van der Waals surface area contributed by atoms with Gasteiger partial charge >= 0.3 is 29.7 Å². The minimum Gasteiger partial charge on any atom is -0.459 e. The Kier molecular flexibility index (Phi) is 4.96. The van der Waals surface area contributed by atoms with Crippen molar-refractivity contribution in [2.24, 2.45) is 0 Å². The van der Waals surface area contributed by atoms with Gasteiger partial charge in [0.05, 0.1) is 0 Å². The van der Waals surface area contributed by atoms with Crippen molar-refractivity contribution in [3.8, 4) is 0 Å². The molecule has 0 heterocycles. The van der Waals surface area contributed by atoms with Crippen LogP contribution in [0.2, 0.25) is 0 Å². The van der Waals surface area contributed by atoms with Crippen LogP contribution in [0.1, 0.15) is 12.0 Å². The van der Waals surface area contributed by atoms with Crippen molar-refractivity contribution in [1.29, 1.82) is 0 Å². The number of carbonyl (C=O) groups is 1. The van der Waals surface area contributed by atoms with Gasteiger partial charge in [0.15, 0.2) is 6.10 Å². The first-order valence-corrected chi connectivity index (χ1v) is 7.22. The third-order valence-electron chi connectivity index (χ3n) is 4.15. The van der Waals surface area contributed by atoms with E-state index in [-0.39, 0.29) is 0 Å². The zero-order valence-electron chi connectivity index (χ0n) is 13.0. The molecule has 1 saturated carbocycles. The van der Waals surface area contributed by atoms with Gasteiger partial charge in [-0.1, -0.05) is 30.3 Å². The maximum absolute atomic E-state index is 14.2. The number of benzene rings is 1. The Morgan fingerprint density at radius 2 is 1.30 bits per heavy atom. The molecule has 0 radical (unpaired) electrons. The van der Waals surface area contributed by atoms with Crippen LogP contribution in [0.15, 0.2) is 30.3 Å². The van der Waals surface area contributed by atoms with Gasteiger partial charge < -0.3 is 9.84 Å². The van der Waals surface area contributed by atoms with Crippen LogP contribution < -0.4 is 0 Å². The van der Waals surface area contributed by atoms with Gasteiger partial charge in [0.1, 0.15) is 6.61 Å². The summed E-state index contributed by atoms with van der Waals surface area (Å²) in [5.74, 6) is -28.6. The first-order chi connectivity index (χ1) is 12.1. The molecule has 0 amide bonds. The van der Waals surface area contributed by atoms with Crippen LogP contribution in [0.5, 0.6) is 0 Å². The standard InChI is InChI=1S/C15H11F9O3/c16-11(12(17,18)14(21,22)15(23,24)13(11,19)20)6-9(25)10(26)27-7-8-4-2-1-3-5-8/h1-5,9,25H,6-7H2. The van der Waals surface area contributed by atoms with Crippen LogP contribution >= 0.6 is 0 Å². The van der Waals surface area contributed by atoms with Crippen LogP contribution in [-0.4, -0.2) is 46.5 Å². The van der Waals surface area contributed by atoms with Gasteiger partial charge in [0.25, 0.3) is 5.67 Å². The molecule has 27 heavy (non-hydrogen) atoms. The van der Waals surface area contributed by atoms with E-state index in [1.165, 1.54) is 24.3 Å². The molecule has 0 aliphatic heterocycles. The van der Waals surface area contributed by atoms with Crippen molar-refractivity contribution < 1.29 is 54.2 Å². The second-order valence-corrected chi connectivity index (χ2v) is 5.91. The summed E-state index contributed by atoms with van der Waals surface area (Å²) in [6, 6.07) is 7.34. The molecule has 0 saturated heterocycles. The molecule has 1 unspecified atom stereocenters. The molecule has 0 spiro atoms. The highest BCUT2D eigenvalue weighted by Gasteiger charge is 3.00. The van der Waals surface area contributed by atoms with Gasteiger partial charge in [-0.05, 0) is 5.56 Å². The first-order valence-electron chi connectivity index (χ1n) is 7.22. The summed E-state index contributed by atoms with van der Waals surface area (Å²) in [6.07, 6.45) is -5.86. The highest BCUT2D eigenvalue weighted by molar-refractivity contribution is 5.74. The molecule has 1 aliphatic rings. The second-order valence-electron chi connectivity index (χ2n) is 5.91. The topological polar surface area (TPSA) is 46.5 Å². The maximum atomic E-state index is 14.2. The highest BCUT2D eigenvalue weighted by atomic mass is 19.4. The third-order valence-corrected chi connectivity index (χ3v) is 4.15. The quantitative estimate of drug-likeness (QED) is 0.595. The van der Waals surface area contributed by atoms with E-state index in [0.29, 0.717) is 5.56 Å². The molecular formula is C15H11F9O3. The lowest BCUT2D eigenvalue weighted by atomic mass is 9.90. The van der Waals surface area contributed by atoms with E-state index < -0.39 is 54.5 Å². The Morgan fingerprint density at radius 1 is 0.852 bits per heavy atom. The van der Waals surface area contributed by atoms with Crippen molar-refractivity contribution in [2.75, 3.05) is 0 Å². The van der Waals surface area contributed by atoms with Crippen LogP contribution in [0.25, 0.3) is 0 Å². The van der Waals surface area contributed by atoms with Crippen molar-refractivity contribution in [3.63, 3.8) is 0 Å². The molecule has 12 heteroatoms. The maximum Gasteiger partial charge on any atom is 0.381 e. The normalized spacial score (nSPS) is 25.0. The van der Waals surface area contributed by atoms with E-state index in [1.807, 2.05) is 0 Å². The summed E-state index contributed by atoms with van der Waals surface area (Å²) in [4.78, 5) is 11.5. The SMILES string of the molecule is O=C(OCc1ccccc1)C(O)CC1(F)C(F)(F)C(F)(F)C(F)(F)C1(F)F. The molecule has 152 valence electrons. The molecule has 3 nitrogen and oxygen atoms in total. The number of esters is 1. The van der Waals surface area contributed by atoms with Crippen molar-refractivity contribution >= 4 is 5.97 Å². The van der Waals surface area contributed by atoms with Crippen LogP contribution in [0.3, 0.4) is 0 Å². The van der Waals surface area contributed by atoms with Gasteiger partial charge in [0, 0.05) is 6.42 Å². The van der Waals surface area contributed by atoms with E-state index >= 15 is 0 Å². The second kappa shape index (κ2) is 6.28. The zero-order chi connectivity index (χ0) is 20.9. The molecule has 1 atom stereocenters. The summed E-state index contributed by atoms with van der Waals surface area (Å²) >= 11 is 0. The zero-order valence-corrected chi connectivity index (χ0v) is 13.0. The summed E-state index contributed by atoms with van der Waals surface area (Å²) in [6.45, 7) is -0.602. The monoisotopic (exact) mass is 410 g/mol. The Balaban J connectivity index is 2.22. The fraction of sp³-hybridized carbons (Fsp3) is 0.533. The van der Waals surface area contributed by atoms with Gasteiger partial charge in [0.2, 0.25) is 0 Å². The lowest BCUT2D eigenvalue weighted by Crippen LogP contribution is -2.57. The molecule has 1 N–H and O–H groups in total. The van der Waals surface area contributed by atoms with E-state index in [9.17, 15) is 49.4 Å². The van der Waals surface area contributed by atoms with E-state index in [0.717, 1.165) is 0 Å². The number of alkyl halides is 9. The highest BCUT2D eigenvalue weighted by Crippen LogP contribution is 2.70. The summed E-state index contributed by atoms with van der Waals surface area (Å²) in [7, 11) is 0. The van der Waals surface area contributed by atoms with Crippen LogP contribution in [-0.2, 0) is 16.1 Å². The van der Waals surface area contributed by atoms with Crippen molar-refractivity contribution in [3.05, 3.63) is 35.9 Å². The van der Waals surface area contributed by atoms with Gasteiger partial charge in [-0.25, -0.2) is 9.18 Å². The minimum absolute atomic E-state index is 0.294. The first kappa shape index (κ1) is 21.3. The Hall–Kier alpha value is -1.98. The molecule has 1 aromatic rings. The van der Waals surface area contributed by atoms with Gasteiger partial charge in [-0.15, -0.1) is 0 Å². The lowest BCUT2D eigenvalue weighted by Gasteiger charge is -2.31. The molecular weight excluding hydrogens is 399 g/mol. The Morgan fingerprint density at radius 3 is 1.74 bits per heavy atom. The largest absolute Gasteiger partial charge is 0.459 e. The van der Waals surface area contributed by atoms with E-state index in [2.05, 4.69) is 4.74 Å². The molecule has 1 fully saturated rings. The summed E-state index contributed by atoms with van der Waals surface area (Å²) in [5, 5.41) is 9.36. The Labute approximate surface area is 145 Å². The van der Waals surface area contributed by atoms with Crippen LogP contribution in [0.4, 0.5) is 39.5 Å². The average Bonchev–Trinajstić information content (AvgIpc) is 2.63. The van der Waals surface area contributed by atoms with Gasteiger partial charge in [-0.2, -0.15) is 35.1 Å². The third kappa shape index (κ3) is 2.75. The fourth-order valence-electron chi connectivity index (χ4n) is 2.52. The number of halogens is 9. The number of aliphatic hydroxyl groups is 1. The Bertz CT molecular complexity index is 680. The summed E-state index contributed by atoms with van der Waals surface area (Å²) < 4.78 is 125. The summed E-state index contributed by atoms with van der Waals surface area (Å²) in [5.41, 5.74) is -5.61. The van der Waals surface area contributed by atoms with Crippen LogP contribution in [0, 0.1) is 0 Å². The minimum atomic E-state index is -6.76. The predicted octanol–water partition coefficient (Wildman–Crippen LogP) is 3.74. The average molecular weight is 410 g/mol. The van der Waals surface area contributed by atoms with Crippen molar-refractivity contribution in [2.45, 2.75) is 48.5 Å². The fourth-order valence-corrected chi connectivity index (χ4v) is 2.52. The number of ether oxygens (including phenoxy) is 1. The van der Waals surface area contributed by atoms with Crippen molar-refractivity contribution in [1.82, 2.24) is 0 Å². The molecule has 1 aromatic carbocycles. The van der Waals surface area contributed by atoms with Gasteiger partial charge in [-0.3, -0.25) is 0 Å². The molecule has 0 bridgehead atoms.